The van der Waals surface area contributed by atoms with Crippen molar-refractivity contribution in [3.8, 4) is 6.07 Å². The maximum absolute atomic E-state index is 8.90. The van der Waals surface area contributed by atoms with Crippen LogP contribution in [0.3, 0.4) is 0 Å². The largest absolute Gasteiger partial charge is 0.192 e. The Bertz CT molecular complexity index is 371. The smallest absolute Gasteiger partial charge is 0.0991 e. The fourth-order valence-electron chi connectivity index (χ4n) is 1.82. The minimum absolute atomic E-state index is 0.529. The first-order valence-corrected chi connectivity index (χ1v) is 5.64. The Morgan fingerprint density at radius 2 is 1.87 bits per heavy atom. The normalized spacial score (nSPS) is 12.5. The molecule has 1 nitrogen and oxygen atoms in total. The second kappa shape index (κ2) is 4.98. The van der Waals surface area contributed by atoms with E-state index in [-0.39, 0.29) is 0 Å². The molecule has 1 rings (SSSR count). The number of benzene rings is 1. The van der Waals surface area contributed by atoms with Gasteiger partial charge in [0.2, 0.25) is 0 Å². The summed E-state index contributed by atoms with van der Waals surface area (Å²) in [6, 6.07) is 8.28. The molecule has 0 bridgehead atoms. The molecule has 0 aromatic heterocycles. The number of rotatable bonds is 3. The lowest BCUT2D eigenvalue weighted by Gasteiger charge is -2.17. The zero-order valence-electron chi connectivity index (χ0n) is 10.0. The van der Waals surface area contributed by atoms with Gasteiger partial charge in [-0.3, -0.25) is 0 Å². The zero-order valence-corrected chi connectivity index (χ0v) is 10.0. The van der Waals surface area contributed by atoms with Gasteiger partial charge in [-0.15, -0.1) is 0 Å². The number of hydrogen-bond donors (Lipinski definition) is 0. The molecule has 1 unspecified atom stereocenters. The molecule has 1 atom stereocenters. The molecular formula is C14H19N. The van der Waals surface area contributed by atoms with E-state index in [1.54, 1.807) is 0 Å². The van der Waals surface area contributed by atoms with Gasteiger partial charge in [0.15, 0.2) is 0 Å². The molecule has 0 fully saturated rings. The second-order valence-corrected chi connectivity index (χ2v) is 4.42. The van der Waals surface area contributed by atoms with Crippen molar-refractivity contribution in [1.29, 1.82) is 5.26 Å². The van der Waals surface area contributed by atoms with Gasteiger partial charge in [-0.1, -0.05) is 33.8 Å². The van der Waals surface area contributed by atoms with Gasteiger partial charge in [0, 0.05) is 0 Å². The Morgan fingerprint density at radius 3 is 2.33 bits per heavy atom. The molecule has 15 heavy (non-hydrogen) atoms. The molecule has 0 aliphatic heterocycles. The quantitative estimate of drug-likeness (QED) is 0.719. The van der Waals surface area contributed by atoms with Gasteiger partial charge in [0.05, 0.1) is 11.6 Å². The number of nitrogens with zero attached hydrogens (tertiary/aromatic N) is 1. The summed E-state index contributed by atoms with van der Waals surface area (Å²) in [4.78, 5) is 0. The Kier molecular flexibility index (Phi) is 3.91. The molecule has 0 aliphatic rings. The van der Waals surface area contributed by atoms with Crippen molar-refractivity contribution in [2.75, 3.05) is 0 Å². The van der Waals surface area contributed by atoms with E-state index in [2.05, 4.69) is 39.8 Å². The molecule has 0 amide bonds. The second-order valence-electron chi connectivity index (χ2n) is 4.42. The van der Waals surface area contributed by atoms with E-state index in [9.17, 15) is 0 Å². The van der Waals surface area contributed by atoms with E-state index in [1.165, 1.54) is 11.1 Å². The van der Waals surface area contributed by atoms with E-state index in [1.807, 2.05) is 12.1 Å². The molecule has 1 aromatic rings. The summed E-state index contributed by atoms with van der Waals surface area (Å²) in [6.07, 6.45) is 1.12. The Morgan fingerprint density at radius 1 is 1.20 bits per heavy atom. The van der Waals surface area contributed by atoms with Crippen LogP contribution in [0.15, 0.2) is 18.2 Å². The van der Waals surface area contributed by atoms with Crippen LogP contribution in [0.2, 0.25) is 0 Å². The first-order chi connectivity index (χ1) is 7.10. The van der Waals surface area contributed by atoms with Gasteiger partial charge >= 0.3 is 0 Å². The molecular weight excluding hydrogens is 182 g/mol. The molecule has 1 heteroatoms. The highest BCUT2D eigenvalue weighted by Crippen LogP contribution is 2.28. The summed E-state index contributed by atoms with van der Waals surface area (Å²) in [7, 11) is 0. The molecule has 0 aliphatic carbocycles. The summed E-state index contributed by atoms with van der Waals surface area (Å²) in [5.41, 5.74) is 3.49. The highest BCUT2D eigenvalue weighted by Gasteiger charge is 2.12. The van der Waals surface area contributed by atoms with E-state index in [4.69, 9.17) is 5.26 Å². The maximum Gasteiger partial charge on any atom is 0.0991 e. The topological polar surface area (TPSA) is 23.8 Å². The third-order valence-electron chi connectivity index (χ3n) is 2.98. The van der Waals surface area contributed by atoms with E-state index in [0.717, 1.165) is 12.0 Å². The lowest BCUT2D eigenvalue weighted by atomic mass is 9.87. The third kappa shape index (κ3) is 2.59. The van der Waals surface area contributed by atoms with Crippen LogP contribution in [-0.4, -0.2) is 0 Å². The van der Waals surface area contributed by atoms with Gasteiger partial charge in [-0.05, 0) is 41.5 Å². The molecule has 0 spiro atoms. The monoisotopic (exact) mass is 201 g/mol. The molecule has 0 saturated carbocycles. The SMILES string of the molecule is CCC(C)c1cc(C#N)ccc1C(C)C. The first kappa shape index (κ1) is 11.8. The average molecular weight is 201 g/mol. The summed E-state index contributed by atoms with van der Waals surface area (Å²) in [5, 5.41) is 8.90. The van der Waals surface area contributed by atoms with Crippen LogP contribution in [-0.2, 0) is 0 Å². The Hall–Kier alpha value is -1.29. The highest BCUT2D eigenvalue weighted by atomic mass is 14.2. The van der Waals surface area contributed by atoms with Crippen molar-refractivity contribution < 1.29 is 0 Å². The zero-order chi connectivity index (χ0) is 11.4. The molecule has 1 aromatic carbocycles. The standard InChI is InChI=1S/C14H19N/c1-5-11(4)14-8-12(9-15)6-7-13(14)10(2)3/h6-8,10-11H,5H2,1-4H3. The van der Waals surface area contributed by atoms with Crippen molar-refractivity contribution in [2.24, 2.45) is 0 Å². The average Bonchev–Trinajstić information content (AvgIpc) is 2.26. The summed E-state index contributed by atoms with van der Waals surface area (Å²) in [6.45, 7) is 8.82. The van der Waals surface area contributed by atoms with Gasteiger partial charge in [-0.2, -0.15) is 5.26 Å². The predicted octanol–water partition coefficient (Wildman–Crippen LogP) is 4.20. The van der Waals surface area contributed by atoms with Crippen LogP contribution >= 0.6 is 0 Å². The predicted molar refractivity (Wildman–Crippen MR) is 64.0 cm³/mol. The van der Waals surface area contributed by atoms with E-state index in [0.29, 0.717) is 11.8 Å². The van der Waals surface area contributed by atoms with E-state index >= 15 is 0 Å². The Labute approximate surface area is 92.7 Å². The third-order valence-corrected chi connectivity index (χ3v) is 2.98. The van der Waals surface area contributed by atoms with Crippen LogP contribution in [0.1, 0.15) is 62.6 Å². The summed E-state index contributed by atoms with van der Waals surface area (Å²) >= 11 is 0. The highest BCUT2D eigenvalue weighted by molar-refractivity contribution is 5.41. The van der Waals surface area contributed by atoms with Gasteiger partial charge in [0.25, 0.3) is 0 Å². The minimum atomic E-state index is 0.529. The van der Waals surface area contributed by atoms with Crippen LogP contribution in [0, 0.1) is 11.3 Å². The summed E-state index contributed by atoms with van der Waals surface area (Å²) < 4.78 is 0. The van der Waals surface area contributed by atoms with Crippen molar-refractivity contribution in [3.05, 3.63) is 34.9 Å². The van der Waals surface area contributed by atoms with Gasteiger partial charge in [0.1, 0.15) is 0 Å². The van der Waals surface area contributed by atoms with Crippen LogP contribution in [0.5, 0.6) is 0 Å². The lowest BCUT2D eigenvalue weighted by molar-refractivity contribution is 0.707. The van der Waals surface area contributed by atoms with E-state index < -0.39 is 0 Å². The van der Waals surface area contributed by atoms with Crippen molar-refractivity contribution in [3.63, 3.8) is 0 Å². The van der Waals surface area contributed by atoms with Crippen LogP contribution < -0.4 is 0 Å². The lowest BCUT2D eigenvalue weighted by Crippen LogP contribution is -2.01. The molecule has 0 N–H and O–H groups in total. The molecule has 0 saturated heterocycles. The maximum atomic E-state index is 8.90. The fourth-order valence-corrected chi connectivity index (χ4v) is 1.82. The number of hydrogen-bond acceptors (Lipinski definition) is 1. The molecule has 80 valence electrons. The number of nitriles is 1. The minimum Gasteiger partial charge on any atom is -0.192 e. The molecule has 0 heterocycles. The van der Waals surface area contributed by atoms with Gasteiger partial charge in [-0.25, -0.2) is 0 Å². The van der Waals surface area contributed by atoms with Crippen LogP contribution in [0.25, 0.3) is 0 Å². The van der Waals surface area contributed by atoms with Crippen molar-refractivity contribution in [2.45, 2.75) is 46.0 Å². The van der Waals surface area contributed by atoms with Crippen molar-refractivity contribution in [1.82, 2.24) is 0 Å². The first-order valence-electron chi connectivity index (χ1n) is 5.64. The Balaban J connectivity index is 3.23. The van der Waals surface area contributed by atoms with Gasteiger partial charge < -0.3 is 0 Å². The van der Waals surface area contributed by atoms with Crippen LogP contribution in [0.4, 0.5) is 0 Å². The van der Waals surface area contributed by atoms with Crippen molar-refractivity contribution >= 4 is 0 Å². The summed E-state index contributed by atoms with van der Waals surface area (Å²) in [5.74, 6) is 1.07. The molecule has 0 radical (unpaired) electrons. The fraction of sp³-hybridized carbons (Fsp3) is 0.500.